The fraction of sp³-hybridized carbons (Fsp3) is 0.385. The van der Waals surface area contributed by atoms with Crippen molar-refractivity contribution in [2.45, 2.75) is 11.9 Å². The lowest BCUT2D eigenvalue weighted by Crippen LogP contribution is -2.36. The molecular formula is C13H14F3NO5S. The Bertz CT molecular complexity index is 668. The predicted octanol–water partition coefficient (Wildman–Crippen LogP) is 1.07. The van der Waals surface area contributed by atoms with Gasteiger partial charge < -0.3 is 10.1 Å². The molecule has 1 rings (SSSR count). The maximum atomic E-state index is 11.9. The van der Waals surface area contributed by atoms with Crippen LogP contribution >= 0.6 is 0 Å². The molecule has 0 aliphatic heterocycles. The second-order valence-corrected chi connectivity index (χ2v) is 6.88. The number of carbonyl (C=O) groups is 2. The van der Waals surface area contributed by atoms with Gasteiger partial charge in [-0.3, -0.25) is 4.79 Å². The van der Waals surface area contributed by atoms with Gasteiger partial charge in [0.1, 0.15) is 6.54 Å². The summed E-state index contributed by atoms with van der Waals surface area (Å²) in [6.07, 6.45) is -3.48. The number of alkyl halides is 3. The van der Waals surface area contributed by atoms with E-state index in [2.05, 4.69) is 4.74 Å². The highest BCUT2D eigenvalue weighted by Gasteiger charge is 2.27. The third-order valence-electron chi connectivity index (χ3n) is 2.44. The van der Waals surface area contributed by atoms with E-state index in [4.69, 9.17) is 0 Å². The molecule has 0 aliphatic carbocycles. The van der Waals surface area contributed by atoms with Gasteiger partial charge in [0.15, 0.2) is 16.4 Å². The van der Waals surface area contributed by atoms with E-state index in [1.807, 2.05) is 0 Å². The molecule has 0 bridgehead atoms. The molecule has 23 heavy (non-hydrogen) atoms. The fourth-order valence-corrected chi connectivity index (χ4v) is 2.30. The van der Waals surface area contributed by atoms with Gasteiger partial charge in [0, 0.05) is 6.26 Å². The first-order valence-electron chi connectivity index (χ1n) is 6.23. The summed E-state index contributed by atoms with van der Waals surface area (Å²) in [5.74, 6) is -2.18. The van der Waals surface area contributed by atoms with E-state index in [1.165, 1.54) is 24.3 Å². The lowest BCUT2D eigenvalue weighted by Gasteiger charge is -2.09. The van der Waals surface area contributed by atoms with Crippen LogP contribution in [0.4, 0.5) is 13.2 Å². The first-order chi connectivity index (χ1) is 10.5. The molecule has 0 atom stereocenters. The average molecular weight is 353 g/mol. The van der Waals surface area contributed by atoms with Crippen molar-refractivity contribution in [3.8, 4) is 0 Å². The molecule has 0 saturated carbocycles. The minimum atomic E-state index is -4.55. The number of amides is 1. The van der Waals surface area contributed by atoms with Crippen molar-refractivity contribution >= 4 is 21.7 Å². The molecule has 0 heterocycles. The Morgan fingerprint density at radius 2 is 1.74 bits per heavy atom. The number of halogens is 3. The van der Waals surface area contributed by atoms with E-state index < -0.39 is 41.0 Å². The Balaban J connectivity index is 2.50. The molecule has 0 spiro atoms. The predicted molar refractivity (Wildman–Crippen MR) is 74.3 cm³/mol. The van der Waals surface area contributed by atoms with Crippen molar-refractivity contribution in [3.05, 3.63) is 35.4 Å². The monoisotopic (exact) mass is 353 g/mol. The standard InChI is InChI=1S/C13H14F3NO5S/c1-23(20,21)7-9-2-4-10(5-3-9)12(19)22-6-11(18)17-8-13(14,15)16/h2-5H,6-8H2,1H3,(H,17,18). The molecule has 10 heteroatoms. The molecule has 0 fully saturated rings. The summed E-state index contributed by atoms with van der Waals surface area (Å²) < 4.78 is 62.4. The van der Waals surface area contributed by atoms with Crippen LogP contribution in [0.3, 0.4) is 0 Å². The van der Waals surface area contributed by atoms with Gasteiger partial charge in [0.05, 0.1) is 11.3 Å². The second kappa shape index (κ2) is 7.44. The number of nitrogens with one attached hydrogen (secondary N) is 1. The Morgan fingerprint density at radius 3 is 2.22 bits per heavy atom. The topological polar surface area (TPSA) is 89.5 Å². The maximum absolute atomic E-state index is 11.9. The maximum Gasteiger partial charge on any atom is 0.405 e. The number of rotatable bonds is 6. The molecule has 0 unspecified atom stereocenters. The van der Waals surface area contributed by atoms with Gasteiger partial charge in [-0.2, -0.15) is 13.2 Å². The number of hydrogen-bond acceptors (Lipinski definition) is 5. The van der Waals surface area contributed by atoms with Gasteiger partial charge in [-0.25, -0.2) is 13.2 Å². The Hall–Kier alpha value is -2.10. The fourth-order valence-electron chi connectivity index (χ4n) is 1.50. The molecule has 0 saturated heterocycles. The zero-order chi connectivity index (χ0) is 17.7. The summed E-state index contributed by atoms with van der Waals surface area (Å²) in [4.78, 5) is 22.7. The summed E-state index contributed by atoms with van der Waals surface area (Å²) in [6.45, 7) is -2.36. The third-order valence-corrected chi connectivity index (χ3v) is 3.30. The Labute approximate surface area is 130 Å². The number of sulfone groups is 1. The van der Waals surface area contributed by atoms with E-state index in [0.29, 0.717) is 5.56 Å². The molecular weight excluding hydrogens is 339 g/mol. The van der Waals surface area contributed by atoms with Gasteiger partial charge in [0.2, 0.25) is 0 Å². The van der Waals surface area contributed by atoms with E-state index in [-0.39, 0.29) is 11.3 Å². The normalized spacial score (nSPS) is 11.8. The Morgan fingerprint density at radius 1 is 1.17 bits per heavy atom. The highest BCUT2D eigenvalue weighted by molar-refractivity contribution is 7.89. The van der Waals surface area contributed by atoms with Gasteiger partial charge in [-0.05, 0) is 17.7 Å². The molecule has 1 aromatic rings. The van der Waals surface area contributed by atoms with Crippen LogP contribution in [0.15, 0.2) is 24.3 Å². The SMILES string of the molecule is CS(=O)(=O)Cc1ccc(C(=O)OCC(=O)NCC(F)(F)F)cc1. The lowest BCUT2D eigenvalue weighted by molar-refractivity contribution is -0.140. The lowest BCUT2D eigenvalue weighted by atomic mass is 10.1. The van der Waals surface area contributed by atoms with Gasteiger partial charge in [-0.15, -0.1) is 0 Å². The van der Waals surface area contributed by atoms with Crippen LogP contribution in [-0.2, 0) is 25.1 Å². The number of benzene rings is 1. The average Bonchev–Trinajstić information content (AvgIpc) is 2.41. The zero-order valence-electron chi connectivity index (χ0n) is 12.0. The molecule has 0 aliphatic rings. The summed E-state index contributed by atoms with van der Waals surface area (Å²) in [7, 11) is -3.21. The molecule has 128 valence electrons. The molecule has 1 amide bonds. The van der Waals surface area contributed by atoms with Crippen molar-refractivity contribution in [2.24, 2.45) is 0 Å². The zero-order valence-corrected chi connectivity index (χ0v) is 12.8. The van der Waals surface area contributed by atoms with E-state index in [9.17, 15) is 31.2 Å². The van der Waals surface area contributed by atoms with Crippen LogP contribution in [0.2, 0.25) is 0 Å². The molecule has 6 nitrogen and oxygen atoms in total. The summed E-state index contributed by atoms with van der Waals surface area (Å²) in [6, 6.07) is 5.41. The van der Waals surface area contributed by atoms with E-state index in [1.54, 1.807) is 5.32 Å². The van der Waals surface area contributed by atoms with E-state index >= 15 is 0 Å². The van der Waals surface area contributed by atoms with Crippen LogP contribution in [-0.4, -0.2) is 45.9 Å². The number of esters is 1. The number of carbonyl (C=O) groups excluding carboxylic acids is 2. The quantitative estimate of drug-likeness (QED) is 0.773. The second-order valence-electron chi connectivity index (χ2n) is 4.74. The minimum absolute atomic E-state index is 0.0471. The van der Waals surface area contributed by atoms with Crippen molar-refractivity contribution in [3.63, 3.8) is 0 Å². The summed E-state index contributed by atoms with van der Waals surface area (Å²) in [5.41, 5.74) is 0.512. The molecule has 1 N–H and O–H groups in total. The number of hydrogen-bond donors (Lipinski definition) is 1. The highest BCUT2D eigenvalue weighted by Crippen LogP contribution is 2.12. The summed E-state index contributed by atoms with van der Waals surface area (Å²) in [5, 5.41) is 1.56. The van der Waals surface area contributed by atoms with Gasteiger partial charge >= 0.3 is 12.1 Å². The smallest absolute Gasteiger partial charge is 0.405 e. The first-order valence-corrected chi connectivity index (χ1v) is 8.29. The molecule has 0 aromatic heterocycles. The van der Waals surface area contributed by atoms with Gasteiger partial charge in [0.25, 0.3) is 5.91 Å². The van der Waals surface area contributed by atoms with Crippen LogP contribution in [0.25, 0.3) is 0 Å². The molecule has 1 aromatic carbocycles. The molecule has 0 radical (unpaired) electrons. The van der Waals surface area contributed by atoms with Crippen molar-refractivity contribution < 1.29 is 35.9 Å². The van der Waals surface area contributed by atoms with Crippen LogP contribution in [0, 0.1) is 0 Å². The van der Waals surface area contributed by atoms with Crippen molar-refractivity contribution in [1.82, 2.24) is 5.32 Å². The first kappa shape index (κ1) is 18.9. The highest BCUT2D eigenvalue weighted by atomic mass is 32.2. The summed E-state index contributed by atoms with van der Waals surface area (Å²) >= 11 is 0. The van der Waals surface area contributed by atoms with Crippen molar-refractivity contribution in [1.29, 1.82) is 0 Å². The van der Waals surface area contributed by atoms with E-state index in [0.717, 1.165) is 6.26 Å². The largest absolute Gasteiger partial charge is 0.452 e. The number of ether oxygens (including phenoxy) is 1. The third kappa shape index (κ3) is 8.19. The minimum Gasteiger partial charge on any atom is -0.452 e. The Kier molecular flexibility index (Phi) is 6.13. The van der Waals surface area contributed by atoms with Crippen LogP contribution in [0.1, 0.15) is 15.9 Å². The van der Waals surface area contributed by atoms with Crippen molar-refractivity contribution in [2.75, 3.05) is 19.4 Å². The van der Waals surface area contributed by atoms with Crippen LogP contribution in [0.5, 0.6) is 0 Å². The van der Waals surface area contributed by atoms with Crippen LogP contribution < -0.4 is 5.32 Å². The van der Waals surface area contributed by atoms with Gasteiger partial charge in [-0.1, -0.05) is 12.1 Å².